The lowest BCUT2D eigenvalue weighted by molar-refractivity contribution is -0.121. The molecule has 0 spiro atoms. The summed E-state index contributed by atoms with van der Waals surface area (Å²) in [5, 5.41) is 8.74. The normalized spacial score (nSPS) is 12.4. The third-order valence-corrected chi connectivity index (χ3v) is 5.98. The highest BCUT2D eigenvalue weighted by atomic mass is 16.1. The van der Waals surface area contributed by atoms with Gasteiger partial charge in [-0.25, -0.2) is 14.6 Å². The number of benzene rings is 1. The first-order valence-corrected chi connectivity index (χ1v) is 11.0. The zero-order chi connectivity index (χ0) is 22.8. The first kappa shape index (κ1) is 21.7. The third kappa shape index (κ3) is 4.15. The first-order valence-electron chi connectivity index (χ1n) is 11.0. The third-order valence-electron chi connectivity index (χ3n) is 5.98. The average Bonchev–Trinajstić information content (AvgIpc) is 3.38. The predicted molar refractivity (Wildman–Crippen MR) is 125 cm³/mol. The molecule has 7 heteroatoms. The SMILES string of the molecule is Cc1nc2c(cnn2C(C)C)c(C)c1CCC(=O)N[C@@H](c1ccccc1)c1nccn1C. The molecule has 0 radical (unpaired) electrons. The number of carbonyl (C=O) groups is 1. The number of nitrogens with one attached hydrogen (secondary N) is 1. The zero-order valence-corrected chi connectivity index (χ0v) is 19.3. The lowest BCUT2D eigenvalue weighted by Gasteiger charge is -2.19. The fourth-order valence-electron chi connectivity index (χ4n) is 4.21. The topological polar surface area (TPSA) is 77.6 Å². The van der Waals surface area contributed by atoms with Crippen LogP contribution in [0, 0.1) is 13.8 Å². The Labute approximate surface area is 188 Å². The Balaban J connectivity index is 1.54. The number of aryl methyl sites for hydroxylation is 3. The molecule has 0 saturated heterocycles. The van der Waals surface area contributed by atoms with Gasteiger partial charge in [-0.3, -0.25) is 4.79 Å². The van der Waals surface area contributed by atoms with Gasteiger partial charge < -0.3 is 9.88 Å². The van der Waals surface area contributed by atoms with Gasteiger partial charge in [0.25, 0.3) is 0 Å². The van der Waals surface area contributed by atoms with Crippen molar-refractivity contribution in [2.24, 2.45) is 7.05 Å². The van der Waals surface area contributed by atoms with Crippen LogP contribution in [-0.4, -0.2) is 30.2 Å². The van der Waals surface area contributed by atoms with Crippen molar-refractivity contribution >= 4 is 16.9 Å². The van der Waals surface area contributed by atoms with E-state index in [1.807, 2.05) is 65.9 Å². The molecule has 0 fully saturated rings. The molecule has 0 saturated carbocycles. The summed E-state index contributed by atoms with van der Waals surface area (Å²) < 4.78 is 3.89. The summed E-state index contributed by atoms with van der Waals surface area (Å²) in [4.78, 5) is 22.3. The molecule has 3 heterocycles. The minimum atomic E-state index is -0.296. The van der Waals surface area contributed by atoms with E-state index < -0.39 is 0 Å². The predicted octanol–water partition coefficient (Wildman–Crippen LogP) is 4.20. The maximum Gasteiger partial charge on any atom is 0.221 e. The number of carbonyl (C=O) groups excluding carboxylic acids is 1. The van der Waals surface area contributed by atoms with E-state index in [0.29, 0.717) is 12.8 Å². The molecule has 1 aromatic carbocycles. The molecule has 0 aliphatic heterocycles. The fourth-order valence-corrected chi connectivity index (χ4v) is 4.21. The van der Waals surface area contributed by atoms with Gasteiger partial charge in [0.05, 0.1) is 6.20 Å². The second-order valence-electron chi connectivity index (χ2n) is 8.53. The molecule has 0 aliphatic rings. The van der Waals surface area contributed by atoms with Crippen molar-refractivity contribution in [2.45, 2.75) is 52.6 Å². The van der Waals surface area contributed by atoms with E-state index in [1.165, 1.54) is 0 Å². The van der Waals surface area contributed by atoms with Crippen LogP contribution in [0.1, 0.15) is 60.6 Å². The van der Waals surface area contributed by atoms with Gasteiger partial charge in [0.15, 0.2) is 5.65 Å². The standard InChI is InChI=1S/C25H30N6O/c1-16(2)31-24-21(15-27-31)17(3)20(18(4)28-24)11-12-22(32)29-23(19-9-7-6-8-10-19)25-26-13-14-30(25)5/h6-10,13-16,23H,11-12H2,1-5H3,(H,29,32)/t23-/m0/s1. The van der Waals surface area contributed by atoms with E-state index in [0.717, 1.165) is 39.2 Å². The Morgan fingerprint density at radius 3 is 2.56 bits per heavy atom. The van der Waals surface area contributed by atoms with Gasteiger partial charge in [-0.05, 0) is 50.8 Å². The van der Waals surface area contributed by atoms with E-state index in [1.54, 1.807) is 6.20 Å². The number of imidazole rings is 1. The average molecular weight is 431 g/mol. The van der Waals surface area contributed by atoms with Crippen LogP contribution in [0.4, 0.5) is 0 Å². The van der Waals surface area contributed by atoms with Crippen LogP contribution in [0.2, 0.25) is 0 Å². The van der Waals surface area contributed by atoms with Crippen molar-refractivity contribution in [1.29, 1.82) is 0 Å². The summed E-state index contributed by atoms with van der Waals surface area (Å²) in [5.41, 5.74) is 5.13. The van der Waals surface area contributed by atoms with Crippen molar-refractivity contribution in [1.82, 2.24) is 29.6 Å². The van der Waals surface area contributed by atoms with Crippen molar-refractivity contribution in [3.8, 4) is 0 Å². The minimum Gasteiger partial charge on any atom is -0.342 e. The number of rotatable bonds is 7. The summed E-state index contributed by atoms with van der Waals surface area (Å²) in [6, 6.07) is 9.89. The van der Waals surface area contributed by atoms with Gasteiger partial charge in [0, 0.05) is 43.0 Å². The fraction of sp³-hybridized carbons (Fsp3) is 0.360. The number of fused-ring (bicyclic) bond motifs is 1. The van der Waals surface area contributed by atoms with Crippen LogP contribution in [0.3, 0.4) is 0 Å². The molecule has 1 atom stereocenters. The highest BCUT2D eigenvalue weighted by Gasteiger charge is 2.21. The van der Waals surface area contributed by atoms with E-state index in [2.05, 4.69) is 36.2 Å². The van der Waals surface area contributed by atoms with Crippen LogP contribution in [0.25, 0.3) is 11.0 Å². The molecular formula is C25H30N6O. The highest BCUT2D eigenvalue weighted by Crippen LogP contribution is 2.26. The van der Waals surface area contributed by atoms with Gasteiger partial charge in [-0.15, -0.1) is 0 Å². The van der Waals surface area contributed by atoms with Crippen LogP contribution >= 0.6 is 0 Å². The van der Waals surface area contributed by atoms with E-state index in [-0.39, 0.29) is 18.0 Å². The highest BCUT2D eigenvalue weighted by molar-refractivity contribution is 5.81. The van der Waals surface area contributed by atoms with Gasteiger partial charge in [-0.2, -0.15) is 5.10 Å². The molecular weight excluding hydrogens is 400 g/mol. The summed E-state index contributed by atoms with van der Waals surface area (Å²) in [5.74, 6) is 0.791. The Hall–Kier alpha value is -3.48. The lowest BCUT2D eigenvalue weighted by Crippen LogP contribution is -2.31. The van der Waals surface area contributed by atoms with Gasteiger partial charge in [0.1, 0.15) is 11.9 Å². The monoisotopic (exact) mass is 430 g/mol. The molecule has 32 heavy (non-hydrogen) atoms. The largest absolute Gasteiger partial charge is 0.342 e. The van der Waals surface area contributed by atoms with E-state index in [9.17, 15) is 4.79 Å². The molecule has 3 aromatic heterocycles. The molecule has 4 aromatic rings. The maximum absolute atomic E-state index is 13.0. The Morgan fingerprint density at radius 2 is 1.91 bits per heavy atom. The lowest BCUT2D eigenvalue weighted by atomic mass is 10.00. The zero-order valence-electron chi connectivity index (χ0n) is 19.3. The van der Waals surface area contributed by atoms with Crippen LogP contribution in [-0.2, 0) is 18.3 Å². The molecule has 0 bridgehead atoms. The van der Waals surface area contributed by atoms with Crippen LogP contribution < -0.4 is 5.32 Å². The molecule has 1 N–H and O–H groups in total. The number of pyridine rings is 1. The van der Waals surface area contributed by atoms with E-state index in [4.69, 9.17) is 4.98 Å². The first-order chi connectivity index (χ1) is 15.4. The molecule has 0 aliphatic carbocycles. The summed E-state index contributed by atoms with van der Waals surface area (Å²) in [7, 11) is 1.94. The quantitative estimate of drug-likeness (QED) is 0.477. The number of amides is 1. The minimum absolute atomic E-state index is 0.0152. The van der Waals surface area contributed by atoms with E-state index >= 15 is 0 Å². The second kappa shape index (κ2) is 8.94. The molecule has 166 valence electrons. The second-order valence-corrected chi connectivity index (χ2v) is 8.53. The van der Waals surface area contributed by atoms with Crippen molar-refractivity contribution in [2.75, 3.05) is 0 Å². The summed E-state index contributed by atoms with van der Waals surface area (Å²) in [6.07, 6.45) is 6.53. The van der Waals surface area contributed by atoms with Crippen molar-refractivity contribution in [3.05, 3.63) is 77.1 Å². The van der Waals surface area contributed by atoms with Crippen molar-refractivity contribution in [3.63, 3.8) is 0 Å². The Bertz CT molecular complexity index is 1240. The Morgan fingerprint density at radius 1 is 1.16 bits per heavy atom. The number of hydrogen-bond donors (Lipinski definition) is 1. The summed E-state index contributed by atoms with van der Waals surface area (Å²) >= 11 is 0. The summed E-state index contributed by atoms with van der Waals surface area (Å²) in [6.45, 7) is 8.30. The van der Waals surface area contributed by atoms with Gasteiger partial charge >= 0.3 is 0 Å². The Kier molecular flexibility index (Phi) is 6.08. The van der Waals surface area contributed by atoms with Gasteiger partial charge in [0.2, 0.25) is 5.91 Å². The number of aromatic nitrogens is 5. The number of hydrogen-bond acceptors (Lipinski definition) is 4. The number of nitrogens with zero attached hydrogens (tertiary/aromatic N) is 5. The molecule has 4 rings (SSSR count). The van der Waals surface area contributed by atoms with Crippen molar-refractivity contribution < 1.29 is 4.79 Å². The van der Waals surface area contributed by atoms with Crippen LogP contribution in [0.5, 0.6) is 0 Å². The smallest absolute Gasteiger partial charge is 0.221 e. The van der Waals surface area contributed by atoms with Crippen LogP contribution in [0.15, 0.2) is 48.9 Å². The molecule has 1 amide bonds. The maximum atomic E-state index is 13.0. The molecule has 0 unspecified atom stereocenters. The molecule has 7 nitrogen and oxygen atoms in total. The van der Waals surface area contributed by atoms with Gasteiger partial charge in [-0.1, -0.05) is 30.3 Å².